The molecule has 2 saturated carbocycles. The molecule has 0 spiro atoms. The van der Waals surface area contributed by atoms with Crippen LogP contribution in [0.4, 0.5) is 0 Å². The standard InChI is InChI=1S/C21H38N6O/c1-17-25-26-20(27(17)2)16-23-21(24-18-10-5-3-6-11-18)22-14-9-15-28-19-12-7-4-8-13-19/h18-19H,3-16H2,1-2H3,(H2,22,23,24). The molecule has 0 aliphatic heterocycles. The van der Waals surface area contributed by atoms with Crippen molar-refractivity contribution in [2.75, 3.05) is 13.2 Å². The molecule has 0 atom stereocenters. The van der Waals surface area contributed by atoms with E-state index in [0.29, 0.717) is 18.7 Å². The molecule has 2 N–H and O–H groups in total. The fourth-order valence-corrected chi connectivity index (χ4v) is 4.09. The summed E-state index contributed by atoms with van der Waals surface area (Å²) in [5.74, 6) is 2.70. The zero-order valence-electron chi connectivity index (χ0n) is 17.8. The zero-order valence-corrected chi connectivity index (χ0v) is 17.8. The van der Waals surface area contributed by atoms with Crippen molar-refractivity contribution in [2.45, 2.75) is 96.2 Å². The molecule has 2 aliphatic rings. The maximum Gasteiger partial charge on any atom is 0.191 e. The molecule has 0 unspecified atom stereocenters. The van der Waals surface area contributed by atoms with E-state index in [1.54, 1.807) is 0 Å². The van der Waals surface area contributed by atoms with Gasteiger partial charge in [-0.25, -0.2) is 4.99 Å². The minimum atomic E-state index is 0.487. The molecule has 0 bridgehead atoms. The first kappa shape index (κ1) is 21.1. The summed E-state index contributed by atoms with van der Waals surface area (Å²) in [4.78, 5) is 4.78. The Morgan fingerprint density at radius 3 is 2.46 bits per heavy atom. The van der Waals surface area contributed by atoms with Crippen LogP contribution in [-0.4, -0.2) is 46.0 Å². The van der Waals surface area contributed by atoms with Gasteiger partial charge in [0, 0.05) is 26.2 Å². The molecule has 7 nitrogen and oxygen atoms in total. The maximum atomic E-state index is 6.04. The van der Waals surface area contributed by atoms with Gasteiger partial charge in [-0.15, -0.1) is 10.2 Å². The van der Waals surface area contributed by atoms with Crippen LogP contribution in [0, 0.1) is 6.92 Å². The van der Waals surface area contributed by atoms with Gasteiger partial charge in [0.05, 0.1) is 6.10 Å². The summed E-state index contributed by atoms with van der Waals surface area (Å²) in [5, 5.41) is 15.5. The van der Waals surface area contributed by atoms with Gasteiger partial charge in [0.25, 0.3) is 0 Å². The summed E-state index contributed by atoms with van der Waals surface area (Å²) >= 11 is 0. The number of aromatic nitrogens is 3. The SMILES string of the molecule is Cc1nnc(CN=C(NCCCOC2CCCCC2)NC2CCCCC2)n1C. The second-order valence-electron chi connectivity index (χ2n) is 8.28. The van der Waals surface area contributed by atoms with Crippen LogP contribution in [-0.2, 0) is 18.3 Å². The van der Waals surface area contributed by atoms with Crippen LogP contribution in [0.1, 0.15) is 82.3 Å². The van der Waals surface area contributed by atoms with Gasteiger partial charge in [-0.3, -0.25) is 0 Å². The Morgan fingerprint density at radius 1 is 1.07 bits per heavy atom. The molecule has 3 rings (SSSR count). The van der Waals surface area contributed by atoms with Crippen LogP contribution in [0.15, 0.2) is 4.99 Å². The number of rotatable bonds is 8. The predicted molar refractivity (Wildman–Crippen MR) is 112 cm³/mol. The number of nitrogens with zero attached hydrogens (tertiary/aromatic N) is 4. The molecule has 7 heteroatoms. The van der Waals surface area contributed by atoms with Crippen LogP contribution in [0.5, 0.6) is 0 Å². The Kier molecular flexibility index (Phi) is 8.58. The molecule has 1 aromatic rings. The van der Waals surface area contributed by atoms with Crippen molar-refractivity contribution >= 4 is 5.96 Å². The average Bonchev–Trinajstić information content (AvgIpc) is 3.05. The van der Waals surface area contributed by atoms with Gasteiger partial charge in [0.15, 0.2) is 11.8 Å². The average molecular weight is 391 g/mol. The molecular formula is C21H38N6O. The van der Waals surface area contributed by atoms with E-state index in [9.17, 15) is 0 Å². The normalized spacial score (nSPS) is 19.7. The fraction of sp³-hybridized carbons (Fsp3) is 0.857. The lowest BCUT2D eigenvalue weighted by Gasteiger charge is -2.25. The molecular weight excluding hydrogens is 352 g/mol. The van der Waals surface area contributed by atoms with Crippen LogP contribution in [0.3, 0.4) is 0 Å². The molecule has 28 heavy (non-hydrogen) atoms. The van der Waals surface area contributed by atoms with E-state index < -0.39 is 0 Å². The number of aliphatic imine (C=N–C) groups is 1. The summed E-state index contributed by atoms with van der Waals surface area (Å²) in [6.07, 6.45) is 14.4. The molecule has 0 radical (unpaired) electrons. The van der Waals surface area contributed by atoms with Gasteiger partial charge in [-0.2, -0.15) is 0 Å². The molecule has 0 saturated heterocycles. The Bertz CT molecular complexity index is 602. The fourth-order valence-electron chi connectivity index (χ4n) is 4.09. The van der Waals surface area contributed by atoms with E-state index in [1.807, 2.05) is 18.5 Å². The lowest BCUT2D eigenvalue weighted by molar-refractivity contribution is 0.0277. The first-order valence-corrected chi connectivity index (χ1v) is 11.2. The minimum absolute atomic E-state index is 0.487. The van der Waals surface area contributed by atoms with E-state index in [0.717, 1.165) is 37.2 Å². The van der Waals surface area contributed by atoms with Crippen molar-refractivity contribution in [1.29, 1.82) is 0 Å². The van der Waals surface area contributed by atoms with Crippen molar-refractivity contribution in [1.82, 2.24) is 25.4 Å². The van der Waals surface area contributed by atoms with E-state index in [2.05, 4.69) is 20.8 Å². The minimum Gasteiger partial charge on any atom is -0.378 e. The monoisotopic (exact) mass is 390 g/mol. The maximum absolute atomic E-state index is 6.04. The zero-order chi connectivity index (χ0) is 19.6. The van der Waals surface area contributed by atoms with Crippen molar-refractivity contribution in [3.05, 3.63) is 11.6 Å². The van der Waals surface area contributed by atoms with Crippen molar-refractivity contribution in [3.8, 4) is 0 Å². The van der Waals surface area contributed by atoms with E-state index in [4.69, 9.17) is 9.73 Å². The van der Waals surface area contributed by atoms with Crippen molar-refractivity contribution < 1.29 is 4.74 Å². The Labute approximate surface area is 169 Å². The highest BCUT2D eigenvalue weighted by Crippen LogP contribution is 2.20. The molecule has 0 aromatic carbocycles. The number of aryl methyl sites for hydroxylation is 1. The number of nitrogens with one attached hydrogen (secondary N) is 2. The van der Waals surface area contributed by atoms with Gasteiger partial charge < -0.3 is 19.9 Å². The smallest absolute Gasteiger partial charge is 0.191 e. The quantitative estimate of drug-likeness (QED) is 0.405. The first-order valence-electron chi connectivity index (χ1n) is 11.2. The van der Waals surface area contributed by atoms with Gasteiger partial charge >= 0.3 is 0 Å². The van der Waals surface area contributed by atoms with Gasteiger partial charge in [-0.1, -0.05) is 38.5 Å². The third kappa shape index (κ3) is 6.76. The van der Waals surface area contributed by atoms with Gasteiger partial charge in [0.1, 0.15) is 12.4 Å². The summed E-state index contributed by atoms with van der Waals surface area (Å²) in [5.41, 5.74) is 0. The highest BCUT2D eigenvalue weighted by atomic mass is 16.5. The Morgan fingerprint density at radius 2 is 1.79 bits per heavy atom. The number of ether oxygens (including phenoxy) is 1. The predicted octanol–water partition coefficient (Wildman–Crippen LogP) is 3.23. The third-order valence-corrected chi connectivity index (χ3v) is 6.03. The largest absolute Gasteiger partial charge is 0.378 e. The molecule has 1 aromatic heterocycles. The van der Waals surface area contributed by atoms with E-state index in [-0.39, 0.29) is 0 Å². The van der Waals surface area contributed by atoms with Crippen LogP contribution < -0.4 is 10.6 Å². The summed E-state index contributed by atoms with van der Waals surface area (Å²) in [6, 6.07) is 0.528. The molecule has 158 valence electrons. The molecule has 2 aliphatic carbocycles. The first-order chi connectivity index (χ1) is 13.7. The summed E-state index contributed by atoms with van der Waals surface area (Å²) in [7, 11) is 1.99. The topological polar surface area (TPSA) is 76.4 Å². The molecule has 0 amide bonds. The molecule has 1 heterocycles. The number of hydrogen-bond acceptors (Lipinski definition) is 4. The van der Waals surface area contributed by atoms with Crippen molar-refractivity contribution in [2.24, 2.45) is 12.0 Å². The Balaban J connectivity index is 1.45. The number of hydrogen-bond donors (Lipinski definition) is 2. The summed E-state index contributed by atoms with van der Waals surface area (Å²) in [6.45, 7) is 4.21. The van der Waals surface area contributed by atoms with Crippen molar-refractivity contribution in [3.63, 3.8) is 0 Å². The van der Waals surface area contributed by atoms with E-state index >= 15 is 0 Å². The highest BCUT2D eigenvalue weighted by Gasteiger charge is 2.16. The van der Waals surface area contributed by atoms with Gasteiger partial charge in [-0.05, 0) is 39.0 Å². The second kappa shape index (κ2) is 11.4. The van der Waals surface area contributed by atoms with Crippen LogP contribution in [0.2, 0.25) is 0 Å². The third-order valence-electron chi connectivity index (χ3n) is 6.03. The second-order valence-corrected chi connectivity index (χ2v) is 8.28. The lowest BCUT2D eigenvalue weighted by atomic mass is 9.96. The summed E-state index contributed by atoms with van der Waals surface area (Å²) < 4.78 is 8.04. The molecule has 2 fully saturated rings. The van der Waals surface area contributed by atoms with E-state index in [1.165, 1.54) is 64.2 Å². The Hall–Kier alpha value is -1.63. The highest BCUT2D eigenvalue weighted by molar-refractivity contribution is 5.80. The van der Waals surface area contributed by atoms with Crippen LogP contribution in [0.25, 0.3) is 0 Å². The van der Waals surface area contributed by atoms with Gasteiger partial charge in [0.2, 0.25) is 0 Å². The lowest BCUT2D eigenvalue weighted by Crippen LogP contribution is -2.44. The van der Waals surface area contributed by atoms with Crippen LogP contribution >= 0.6 is 0 Å². The number of guanidine groups is 1.